The van der Waals surface area contributed by atoms with Crippen molar-refractivity contribution in [2.24, 2.45) is 5.73 Å². The number of nitrogens with two attached hydrogens (primary N) is 1. The molecule has 0 saturated carbocycles. The molecule has 1 aromatic heterocycles. The molecule has 3 N–H and O–H groups in total. The minimum Gasteiger partial charge on any atom is -0.366 e. The highest BCUT2D eigenvalue weighted by atomic mass is 35.5. The monoisotopic (exact) mass is 430 g/mol. The summed E-state index contributed by atoms with van der Waals surface area (Å²) in [6, 6.07) is 19.9. The average Bonchev–Trinajstić information content (AvgIpc) is 2.77. The van der Waals surface area contributed by atoms with Crippen LogP contribution >= 0.6 is 11.6 Å². The minimum atomic E-state index is -0.534. The van der Waals surface area contributed by atoms with Crippen molar-refractivity contribution >= 4 is 40.0 Å². The summed E-state index contributed by atoms with van der Waals surface area (Å²) in [6.07, 6.45) is 1.70. The molecule has 0 spiro atoms. The predicted octanol–water partition coefficient (Wildman–Crippen LogP) is 4.42. The van der Waals surface area contributed by atoms with E-state index in [9.17, 15) is 9.59 Å². The van der Waals surface area contributed by atoms with Crippen LogP contribution in [0.1, 0.15) is 31.8 Å². The number of carbonyl (C=O) groups excluding carboxylic acids is 2. The van der Waals surface area contributed by atoms with Gasteiger partial charge >= 0.3 is 0 Å². The van der Waals surface area contributed by atoms with Crippen molar-refractivity contribution in [3.8, 4) is 0 Å². The SMILES string of the molecule is NC(=O)c1cccc2c(NCc3cccc(CC(=O)c4ccc(Cl)cc4)c3)ncnc12. The van der Waals surface area contributed by atoms with Crippen LogP contribution in [0.15, 0.2) is 73.1 Å². The number of carbonyl (C=O) groups is 2. The summed E-state index contributed by atoms with van der Waals surface area (Å²) in [4.78, 5) is 32.7. The van der Waals surface area contributed by atoms with Crippen LogP contribution in [0.2, 0.25) is 5.02 Å². The zero-order chi connectivity index (χ0) is 21.8. The number of primary amides is 1. The van der Waals surface area contributed by atoms with Gasteiger partial charge in [0.25, 0.3) is 5.91 Å². The summed E-state index contributed by atoms with van der Waals surface area (Å²) in [6.45, 7) is 0.496. The number of halogens is 1. The molecule has 7 heteroatoms. The number of nitrogens with zero attached hydrogens (tertiary/aromatic N) is 2. The molecule has 0 aliphatic rings. The minimum absolute atomic E-state index is 0.0301. The molecule has 0 aliphatic carbocycles. The summed E-state index contributed by atoms with van der Waals surface area (Å²) in [5.41, 5.74) is 8.86. The van der Waals surface area contributed by atoms with Crippen LogP contribution in [0.4, 0.5) is 5.82 Å². The maximum atomic E-state index is 12.5. The molecule has 3 aromatic carbocycles. The molecule has 154 valence electrons. The van der Waals surface area contributed by atoms with Crippen LogP contribution in [0.3, 0.4) is 0 Å². The molecule has 0 aliphatic heterocycles. The molecular formula is C24H19ClN4O2. The van der Waals surface area contributed by atoms with E-state index in [-0.39, 0.29) is 5.78 Å². The molecule has 1 amide bonds. The highest BCUT2D eigenvalue weighted by molar-refractivity contribution is 6.30. The summed E-state index contributed by atoms with van der Waals surface area (Å²) in [5.74, 6) is 0.103. The maximum absolute atomic E-state index is 12.5. The lowest BCUT2D eigenvalue weighted by molar-refractivity contribution is 0.0988. The number of amides is 1. The average molecular weight is 431 g/mol. The summed E-state index contributed by atoms with van der Waals surface area (Å²) in [5, 5.41) is 4.60. The number of hydrogen-bond donors (Lipinski definition) is 2. The van der Waals surface area contributed by atoms with Gasteiger partial charge in [0.2, 0.25) is 0 Å². The highest BCUT2D eigenvalue weighted by Gasteiger charge is 2.11. The van der Waals surface area contributed by atoms with Gasteiger partial charge in [-0.15, -0.1) is 0 Å². The number of ketones is 1. The fraction of sp³-hybridized carbons (Fsp3) is 0.0833. The second-order valence-electron chi connectivity index (χ2n) is 7.07. The molecular weight excluding hydrogens is 412 g/mol. The quantitative estimate of drug-likeness (QED) is 0.423. The Morgan fingerprint density at radius 1 is 0.935 bits per heavy atom. The van der Waals surface area contributed by atoms with E-state index in [1.165, 1.54) is 6.33 Å². The van der Waals surface area contributed by atoms with E-state index in [4.69, 9.17) is 17.3 Å². The number of Topliss-reactive ketones (excluding diaryl/α,β-unsaturated/α-hetero) is 1. The number of para-hydroxylation sites is 1. The van der Waals surface area contributed by atoms with Crippen LogP contribution in [-0.2, 0) is 13.0 Å². The van der Waals surface area contributed by atoms with Crippen molar-refractivity contribution in [3.05, 3.63) is 100 Å². The van der Waals surface area contributed by atoms with E-state index in [0.717, 1.165) is 11.1 Å². The van der Waals surface area contributed by atoms with E-state index in [0.29, 0.717) is 45.8 Å². The van der Waals surface area contributed by atoms with Crippen LogP contribution in [0, 0.1) is 0 Å². The Kier molecular flexibility index (Phi) is 5.91. The maximum Gasteiger partial charge on any atom is 0.250 e. The third-order valence-corrected chi connectivity index (χ3v) is 5.16. The molecule has 4 rings (SSSR count). The van der Waals surface area contributed by atoms with Crippen molar-refractivity contribution in [1.29, 1.82) is 0 Å². The Morgan fingerprint density at radius 2 is 1.68 bits per heavy atom. The first kappa shape index (κ1) is 20.5. The lowest BCUT2D eigenvalue weighted by Crippen LogP contribution is -2.12. The Balaban J connectivity index is 1.50. The molecule has 6 nitrogen and oxygen atoms in total. The number of hydrogen-bond acceptors (Lipinski definition) is 5. The van der Waals surface area contributed by atoms with Gasteiger partial charge in [-0.3, -0.25) is 9.59 Å². The van der Waals surface area contributed by atoms with E-state index in [2.05, 4.69) is 15.3 Å². The first-order valence-electron chi connectivity index (χ1n) is 9.65. The summed E-state index contributed by atoms with van der Waals surface area (Å²) < 4.78 is 0. The fourth-order valence-electron chi connectivity index (χ4n) is 3.39. The van der Waals surface area contributed by atoms with E-state index in [1.807, 2.05) is 30.3 Å². The normalized spacial score (nSPS) is 10.7. The van der Waals surface area contributed by atoms with Crippen LogP contribution in [0.5, 0.6) is 0 Å². The molecule has 0 fully saturated rings. The van der Waals surface area contributed by atoms with Gasteiger partial charge in [-0.05, 0) is 47.5 Å². The Hall–Kier alpha value is -3.77. The number of fused-ring (bicyclic) bond motifs is 1. The second-order valence-corrected chi connectivity index (χ2v) is 7.51. The largest absolute Gasteiger partial charge is 0.366 e. The number of aromatic nitrogens is 2. The van der Waals surface area contributed by atoms with E-state index in [1.54, 1.807) is 36.4 Å². The van der Waals surface area contributed by atoms with E-state index >= 15 is 0 Å². The Labute approximate surface area is 184 Å². The Morgan fingerprint density at radius 3 is 2.45 bits per heavy atom. The van der Waals surface area contributed by atoms with Crippen molar-refractivity contribution in [2.75, 3.05) is 5.32 Å². The van der Waals surface area contributed by atoms with Gasteiger partial charge in [-0.25, -0.2) is 9.97 Å². The lowest BCUT2D eigenvalue weighted by Gasteiger charge is -2.10. The smallest absolute Gasteiger partial charge is 0.250 e. The summed E-state index contributed by atoms with van der Waals surface area (Å²) >= 11 is 5.89. The second kappa shape index (κ2) is 8.93. The van der Waals surface area contributed by atoms with Crippen molar-refractivity contribution in [1.82, 2.24) is 9.97 Å². The summed E-state index contributed by atoms with van der Waals surface area (Å²) in [7, 11) is 0. The first-order chi connectivity index (χ1) is 15.0. The van der Waals surface area contributed by atoms with Gasteiger partial charge in [0, 0.05) is 28.9 Å². The molecule has 0 saturated heterocycles. The highest BCUT2D eigenvalue weighted by Crippen LogP contribution is 2.23. The van der Waals surface area contributed by atoms with Gasteiger partial charge in [-0.1, -0.05) is 41.9 Å². The predicted molar refractivity (Wildman–Crippen MR) is 121 cm³/mol. The van der Waals surface area contributed by atoms with Crippen LogP contribution in [-0.4, -0.2) is 21.7 Å². The van der Waals surface area contributed by atoms with Crippen LogP contribution in [0.25, 0.3) is 10.9 Å². The first-order valence-corrected chi connectivity index (χ1v) is 10.0. The molecule has 4 aromatic rings. The van der Waals surface area contributed by atoms with Crippen molar-refractivity contribution < 1.29 is 9.59 Å². The molecule has 1 heterocycles. The third kappa shape index (κ3) is 4.70. The van der Waals surface area contributed by atoms with Crippen molar-refractivity contribution in [2.45, 2.75) is 13.0 Å². The van der Waals surface area contributed by atoms with Gasteiger partial charge in [0.1, 0.15) is 12.1 Å². The molecule has 0 radical (unpaired) electrons. The Bertz CT molecular complexity index is 1270. The van der Waals surface area contributed by atoms with Gasteiger partial charge in [-0.2, -0.15) is 0 Å². The molecule has 0 unspecified atom stereocenters. The number of benzene rings is 3. The van der Waals surface area contributed by atoms with Crippen molar-refractivity contribution in [3.63, 3.8) is 0 Å². The molecule has 0 atom stereocenters. The number of anilines is 1. The topological polar surface area (TPSA) is 98.0 Å². The van der Waals surface area contributed by atoms with Gasteiger partial charge in [0.05, 0.1) is 11.1 Å². The zero-order valence-electron chi connectivity index (χ0n) is 16.5. The zero-order valence-corrected chi connectivity index (χ0v) is 17.3. The van der Waals surface area contributed by atoms with Gasteiger partial charge in [0.15, 0.2) is 5.78 Å². The fourth-order valence-corrected chi connectivity index (χ4v) is 3.51. The van der Waals surface area contributed by atoms with E-state index < -0.39 is 5.91 Å². The number of nitrogens with one attached hydrogen (secondary N) is 1. The third-order valence-electron chi connectivity index (χ3n) is 4.91. The molecule has 31 heavy (non-hydrogen) atoms. The number of rotatable bonds is 7. The molecule has 0 bridgehead atoms. The standard InChI is InChI=1S/C24H19ClN4O2/c25-18-9-7-17(8-10-18)21(30)12-15-3-1-4-16(11-15)13-27-24-20-6-2-5-19(23(26)31)22(20)28-14-29-24/h1-11,14H,12-13H2,(H2,26,31)(H,27,28,29). The van der Waals surface area contributed by atoms with Gasteiger partial charge < -0.3 is 11.1 Å². The van der Waals surface area contributed by atoms with Crippen LogP contribution < -0.4 is 11.1 Å². The lowest BCUT2D eigenvalue weighted by atomic mass is 10.0.